The van der Waals surface area contributed by atoms with Gasteiger partial charge in [-0.1, -0.05) is 0 Å². The van der Waals surface area contributed by atoms with Crippen LogP contribution in [0.15, 0.2) is 11.0 Å². The van der Waals surface area contributed by atoms with E-state index in [0.717, 1.165) is 19.0 Å². The van der Waals surface area contributed by atoms with E-state index in [-0.39, 0.29) is 35.1 Å². The summed E-state index contributed by atoms with van der Waals surface area (Å²) < 4.78 is 31.9. The van der Waals surface area contributed by atoms with Crippen LogP contribution < -0.4 is 21.8 Å². The molecule has 5 N–H and O–H groups in total. The SMILES string of the molecule is Nc1c(F)c(N2C[C@@H]3C(N)[C@@H]3C2)c(F)c2c1c(=O)c(C(=O)O)cn2C1CC1. The van der Waals surface area contributed by atoms with Gasteiger partial charge in [-0.25, -0.2) is 13.6 Å². The number of carboxylic acids is 1. The Hall–Kier alpha value is -2.68. The summed E-state index contributed by atoms with van der Waals surface area (Å²) in [6, 6.07) is -0.0632. The van der Waals surface area contributed by atoms with Crippen molar-refractivity contribution in [1.29, 1.82) is 0 Å². The maximum atomic E-state index is 15.5. The Morgan fingerprint density at radius 1 is 1.19 bits per heavy atom. The van der Waals surface area contributed by atoms with E-state index in [1.165, 1.54) is 4.57 Å². The van der Waals surface area contributed by atoms with Crippen molar-refractivity contribution in [3.05, 3.63) is 33.6 Å². The molecule has 1 saturated heterocycles. The van der Waals surface area contributed by atoms with Crippen molar-refractivity contribution < 1.29 is 18.7 Å². The first-order valence-corrected chi connectivity index (χ1v) is 8.90. The fraction of sp³-hybridized carbons (Fsp3) is 0.444. The molecule has 9 heteroatoms. The standard InChI is InChI=1S/C18H18F2N4O3/c19-11-14(22)10-15(12(20)16(11)23-3-7-8(4-23)13(7)21)24(6-1-2-6)5-9(17(10)25)18(26)27/h5-8,13H,1-4,21-22H2,(H,26,27)/t7-,8+,13?. The van der Waals surface area contributed by atoms with Crippen LogP contribution in [0.3, 0.4) is 0 Å². The van der Waals surface area contributed by atoms with Gasteiger partial charge in [-0.3, -0.25) is 4.79 Å². The second-order valence-electron chi connectivity index (χ2n) is 7.74. The Balaban J connectivity index is 1.80. The highest BCUT2D eigenvalue weighted by Crippen LogP contribution is 2.48. The quantitative estimate of drug-likeness (QED) is 0.696. The minimum Gasteiger partial charge on any atom is -0.477 e. The van der Waals surface area contributed by atoms with Crippen molar-refractivity contribution in [2.75, 3.05) is 23.7 Å². The number of nitrogens with two attached hydrogens (primary N) is 2. The van der Waals surface area contributed by atoms with Gasteiger partial charge in [-0.05, 0) is 24.7 Å². The number of nitrogens with zero attached hydrogens (tertiary/aromatic N) is 2. The van der Waals surface area contributed by atoms with Crippen molar-refractivity contribution in [3.63, 3.8) is 0 Å². The van der Waals surface area contributed by atoms with Gasteiger partial charge >= 0.3 is 5.97 Å². The fourth-order valence-electron chi connectivity index (χ4n) is 4.38. The Morgan fingerprint density at radius 3 is 2.37 bits per heavy atom. The van der Waals surface area contributed by atoms with E-state index in [1.807, 2.05) is 0 Å². The van der Waals surface area contributed by atoms with E-state index in [1.54, 1.807) is 4.90 Å². The predicted octanol–water partition coefficient (Wildman–Crippen LogP) is 1.29. The third-order valence-electron chi connectivity index (χ3n) is 6.11. The number of halogens is 2. The summed E-state index contributed by atoms with van der Waals surface area (Å²) in [5.41, 5.74) is 9.41. The Kier molecular flexibility index (Phi) is 3.17. The Bertz CT molecular complexity index is 1070. The number of aromatic nitrogens is 1. The average molecular weight is 376 g/mol. The highest BCUT2D eigenvalue weighted by Gasteiger charge is 2.54. The van der Waals surface area contributed by atoms with E-state index in [2.05, 4.69) is 0 Å². The second kappa shape index (κ2) is 5.19. The molecule has 1 aromatic carbocycles. The summed E-state index contributed by atoms with van der Waals surface area (Å²) in [6.45, 7) is 0.872. The number of benzene rings is 1. The summed E-state index contributed by atoms with van der Waals surface area (Å²) in [4.78, 5) is 25.6. The molecule has 142 valence electrons. The third-order valence-corrected chi connectivity index (χ3v) is 6.11. The molecule has 0 spiro atoms. The van der Waals surface area contributed by atoms with Gasteiger partial charge in [-0.15, -0.1) is 0 Å². The number of fused-ring (bicyclic) bond motifs is 2. The smallest absolute Gasteiger partial charge is 0.341 e. The summed E-state index contributed by atoms with van der Waals surface area (Å²) in [6.07, 6.45) is 2.60. The molecule has 3 fully saturated rings. The molecule has 1 unspecified atom stereocenters. The van der Waals surface area contributed by atoms with Crippen LogP contribution in [-0.4, -0.2) is 34.8 Å². The molecular formula is C18H18F2N4O3. The predicted molar refractivity (Wildman–Crippen MR) is 94.9 cm³/mol. The summed E-state index contributed by atoms with van der Waals surface area (Å²) in [7, 11) is 0. The number of carboxylic acid groups (broad SMARTS) is 1. The molecule has 1 aromatic heterocycles. The van der Waals surface area contributed by atoms with E-state index in [9.17, 15) is 14.7 Å². The van der Waals surface area contributed by atoms with E-state index < -0.39 is 39.7 Å². The Labute approximate surface area is 152 Å². The number of anilines is 2. The van der Waals surface area contributed by atoms with Gasteiger partial charge in [0, 0.05) is 31.4 Å². The van der Waals surface area contributed by atoms with Crippen molar-refractivity contribution in [3.8, 4) is 0 Å². The normalized spacial score (nSPS) is 26.5. The van der Waals surface area contributed by atoms with Crippen LogP contribution in [0.25, 0.3) is 10.9 Å². The highest BCUT2D eigenvalue weighted by atomic mass is 19.1. The molecule has 5 rings (SSSR count). The van der Waals surface area contributed by atoms with Gasteiger partial charge < -0.3 is 26.0 Å². The van der Waals surface area contributed by atoms with Gasteiger partial charge in [0.2, 0.25) is 5.43 Å². The molecule has 2 aliphatic carbocycles. The number of carbonyl (C=O) groups is 1. The minimum atomic E-state index is -1.45. The van der Waals surface area contributed by atoms with Crippen LogP contribution in [0.5, 0.6) is 0 Å². The molecule has 0 amide bonds. The molecule has 27 heavy (non-hydrogen) atoms. The van der Waals surface area contributed by atoms with Crippen molar-refractivity contribution >= 4 is 28.2 Å². The lowest BCUT2D eigenvalue weighted by molar-refractivity contribution is 0.0695. The number of hydrogen-bond acceptors (Lipinski definition) is 5. The first kappa shape index (κ1) is 16.5. The molecule has 7 nitrogen and oxygen atoms in total. The molecular weight excluding hydrogens is 358 g/mol. The zero-order valence-electron chi connectivity index (χ0n) is 14.3. The molecule has 2 aromatic rings. The largest absolute Gasteiger partial charge is 0.477 e. The van der Waals surface area contributed by atoms with Crippen LogP contribution in [0.2, 0.25) is 0 Å². The number of pyridine rings is 1. The number of hydrogen-bond donors (Lipinski definition) is 3. The summed E-state index contributed by atoms with van der Waals surface area (Å²) >= 11 is 0. The van der Waals surface area contributed by atoms with Crippen molar-refractivity contribution in [2.45, 2.75) is 24.9 Å². The van der Waals surface area contributed by atoms with Gasteiger partial charge in [0.15, 0.2) is 11.6 Å². The topological polar surface area (TPSA) is 115 Å². The highest BCUT2D eigenvalue weighted by molar-refractivity contribution is 5.99. The molecule has 3 atom stereocenters. The number of aromatic carboxylic acids is 1. The fourth-order valence-corrected chi connectivity index (χ4v) is 4.38. The second-order valence-corrected chi connectivity index (χ2v) is 7.74. The van der Waals surface area contributed by atoms with Crippen LogP contribution in [0.4, 0.5) is 20.2 Å². The zero-order chi connectivity index (χ0) is 19.2. The first-order valence-electron chi connectivity index (χ1n) is 8.90. The number of nitrogen functional groups attached to an aromatic ring is 1. The Morgan fingerprint density at radius 2 is 1.81 bits per heavy atom. The van der Waals surface area contributed by atoms with E-state index in [0.29, 0.717) is 13.1 Å². The van der Waals surface area contributed by atoms with Crippen LogP contribution in [0.1, 0.15) is 29.2 Å². The van der Waals surface area contributed by atoms with Crippen LogP contribution in [-0.2, 0) is 0 Å². The van der Waals surface area contributed by atoms with Gasteiger partial charge in [0.25, 0.3) is 0 Å². The average Bonchev–Trinajstić information content (AvgIpc) is 3.51. The third kappa shape index (κ3) is 2.14. The van der Waals surface area contributed by atoms with Gasteiger partial charge in [0.1, 0.15) is 11.3 Å². The van der Waals surface area contributed by atoms with E-state index in [4.69, 9.17) is 11.5 Å². The minimum absolute atomic E-state index is 0.0629. The first-order chi connectivity index (χ1) is 12.8. The maximum Gasteiger partial charge on any atom is 0.341 e. The molecule has 1 aliphatic heterocycles. The molecule has 2 saturated carbocycles. The maximum absolute atomic E-state index is 15.5. The lowest BCUT2D eigenvalue weighted by Gasteiger charge is -2.25. The lowest BCUT2D eigenvalue weighted by atomic mass is 10.1. The van der Waals surface area contributed by atoms with Gasteiger partial charge in [0.05, 0.1) is 16.6 Å². The number of piperidine rings is 1. The van der Waals surface area contributed by atoms with Crippen LogP contribution >= 0.6 is 0 Å². The lowest BCUT2D eigenvalue weighted by Crippen LogP contribution is -2.30. The molecule has 3 aliphatic rings. The van der Waals surface area contributed by atoms with Gasteiger partial charge in [-0.2, -0.15) is 0 Å². The number of rotatable bonds is 3. The van der Waals surface area contributed by atoms with Crippen molar-refractivity contribution in [2.24, 2.45) is 17.6 Å². The molecule has 0 radical (unpaired) electrons. The zero-order valence-corrected chi connectivity index (χ0v) is 14.3. The van der Waals surface area contributed by atoms with Crippen LogP contribution in [0, 0.1) is 23.5 Å². The summed E-state index contributed by atoms with van der Waals surface area (Å²) in [5, 5.41) is 8.90. The monoisotopic (exact) mass is 376 g/mol. The summed E-state index contributed by atoms with van der Waals surface area (Å²) in [5.74, 6) is -2.92. The molecule has 2 heterocycles. The molecule has 0 bridgehead atoms. The van der Waals surface area contributed by atoms with E-state index >= 15 is 8.78 Å². The van der Waals surface area contributed by atoms with Crippen molar-refractivity contribution in [1.82, 2.24) is 4.57 Å².